The average Bonchev–Trinajstić information content (AvgIpc) is 3.23. The lowest BCUT2D eigenvalue weighted by Crippen LogP contribution is -2.36. The third-order valence-electron chi connectivity index (χ3n) is 6.65. The van der Waals surface area contributed by atoms with Crippen LogP contribution in [-0.2, 0) is 0 Å². The number of carboxylic acid groups (broad SMARTS) is 1. The Labute approximate surface area is 162 Å². The molecule has 1 heterocycles. The van der Waals surface area contributed by atoms with Crippen molar-refractivity contribution >= 4 is 34.9 Å². The van der Waals surface area contributed by atoms with Gasteiger partial charge in [-0.25, -0.2) is 4.79 Å². The first kappa shape index (κ1) is 16.5. The summed E-state index contributed by atoms with van der Waals surface area (Å²) in [6.45, 7) is 0. The molecule has 2 bridgehead atoms. The Balaban J connectivity index is 1.69. The molecule has 0 unspecified atom stereocenters. The van der Waals surface area contributed by atoms with Crippen molar-refractivity contribution in [3.63, 3.8) is 0 Å². The molecule has 5 rings (SSSR count). The number of carbonyl (C=O) groups is 1. The molecule has 1 aliphatic heterocycles. The number of hydrogen-bond acceptors (Lipinski definition) is 2. The van der Waals surface area contributed by atoms with Crippen molar-refractivity contribution in [3.05, 3.63) is 63.1 Å². The fourth-order valence-corrected chi connectivity index (χ4v) is 6.28. The minimum Gasteiger partial charge on any atom is -0.478 e. The van der Waals surface area contributed by atoms with Crippen LogP contribution in [0.1, 0.15) is 52.7 Å². The van der Waals surface area contributed by atoms with Gasteiger partial charge in [0, 0.05) is 10.0 Å². The van der Waals surface area contributed by atoms with Gasteiger partial charge in [-0.2, -0.15) is 0 Å². The fraction of sp³-hybridized carbons (Fsp3) is 0.381. The van der Waals surface area contributed by atoms with Gasteiger partial charge in [-0.1, -0.05) is 41.4 Å². The van der Waals surface area contributed by atoms with E-state index in [1.54, 1.807) is 12.1 Å². The fourth-order valence-electron chi connectivity index (χ4n) is 5.75. The van der Waals surface area contributed by atoms with Crippen molar-refractivity contribution in [2.24, 2.45) is 17.8 Å². The Morgan fingerprint density at radius 1 is 1.08 bits per heavy atom. The maximum absolute atomic E-state index is 11.8. The number of hydrogen-bond donors (Lipinski definition) is 2. The summed E-state index contributed by atoms with van der Waals surface area (Å²) in [5, 5.41) is 14.5. The monoisotopic (exact) mass is 387 g/mol. The number of halogens is 2. The van der Waals surface area contributed by atoms with Gasteiger partial charge in [0.25, 0.3) is 0 Å². The van der Waals surface area contributed by atoms with Crippen molar-refractivity contribution in [3.8, 4) is 0 Å². The standard InChI is InChI=1S/C21H19Cl2NO2/c22-12-6-7-13(16(23)9-12)20-18-11-5-4-10(8-11)17(18)14-2-1-3-15(21(25)26)19(14)24-20/h1-3,6-7,9-11,17-18,20,24H,4-5,8H2,(H,25,26)/t10-,11-,17+,18+,20+/m0/s1. The topological polar surface area (TPSA) is 49.3 Å². The molecule has 5 atom stereocenters. The van der Waals surface area contributed by atoms with E-state index in [0.29, 0.717) is 39.3 Å². The van der Waals surface area contributed by atoms with E-state index in [-0.39, 0.29) is 6.04 Å². The molecule has 0 amide bonds. The molecule has 26 heavy (non-hydrogen) atoms. The van der Waals surface area contributed by atoms with E-state index in [1.165, 1.54) is 24.8 Å². The second kappa shape index (κ2) is 5.90. The zero-order valence-electron chi connectivity index (χ0n) is 14.1. The molecule has 0 radical (unpaired) electrons. The van der Waals surface area contributed by atoms with Crippen molar-refractivity contribution in [2.75, 3.05) is 5.32 Å². The van der Waals surface area contributed by atoms with E-state index < -0.39 is 5.97 Å². The summed E-state index contributed by atoms with van der Waals surface area (Å²) in [5.41, 5.74) is 3.30. The molecule has 2 aliphatic carbocycles. The van der Waals surface area contributed by atoms with E-state index in [1.807, 2.05) is 18.2 Å². The van der Waals surface area contributed by atoms with Gasteiger partial charge in [-0.05, 0) is 72.3 Å². The number of anilines is 1. The van der Waals surface area contributed by atoms with Crippen LogP contribution in [0, 0.1) is 17.8 Å². The van der Waals surface area contributed by atoms with Crippen LogP contribution in [0.5, 0.6) is 0 Å². The lowest BCUT2D eigenvalue weighted by Gasteiger charge is -2.44. The minimum absolute atomic E-state index is 0.0214. The van der Waals surface area contributed by atoms with E-state index in [9.17, 15) is 9.90 Å². The Kier molecular flexibility index (Phi) is 3.74. The third kappa shape index (κ3) is 2.30. The number of benzene rings is 2. The normalized spacial score (nSPS) is 31.2. The highest BCUT2D eigenvalue weighted by Crippen LogP contribution is 2.64. The van der Waals surface area contributed by atoms with Gasteiger partial charge in [0.15, 0.2) is 0 Å². The lowest BCUT2D eigenvalue weighted by molar-refractivity contribution is 0.0697. The van der Waals surface area contributed by atoms with Crippen LogP contribution in [0.2, 0.25) is 10.0 Å². The molecule has 134 valence electrons. The molecule has 0 spiro atoms. The number of aromatic carboxylic acids is 1. The Hall–Kier alpha value is -1.71. The molecule has 2 aromatic rings. The minimum atomic E-state index is -0.892. The van der Waals surface area contributed by atoms with Crippen molar-refractivity contribution in [1.29, 1.82) is 0 Å². The second-order valence-corrected chi connectivity index (χ2v) is 8.64. The Bertz CT molecular complexity index is 913. The summed E-state index contributed by atoms with van der Waals surface area (Å²) in [7, 11) is 0. The molecule has 2 aromatic carbocycles. The summed E-state index contributed by atoms with van der Waals surface area (Å²) >= 11 is 12.6. The van der Waals surface area contributed by atoms with Crippen molar-refractivity contribution in [2.45, 2.75) is 31.2 Å². The average molecular weight is 388 g/mol. The maximum atomic E-state index is 11.8. The number of carboxylic acids is 1. The number of para-hydroxylation sites is 1. The SMILES string of the molecule is O=C(O)c1cccc2c1N[C@H](c1ccc(Cl)cc1Cl)[C@@H]1[C@H]3CC[C@@H](C3)[C@H]21. The first-order valence-corrected chi connectivity index (χ1v) is 9.88. The zero-order chi connectivity index (χ0) is 18.0. The summed E-state index contributed by atoms with van der Waals surface area (Å²) in [6.07, 6.45) is 3.72. The van der Waals surface area contributed by atoms with Crippen molar-refractivity contribution < 1.29 is 9.90 Å². The van der Waals surface area contributed by atoms with Gasteiger partial charge in [0.1, 0.15) is 0 Å². The summed E-state index contributed by atoms with van der Waals surface area (Å²) in [6, 6.07) is 11.3. The third-order valence-corrected chi connectivity index (χ3v) is 7.21. The van der Waals surface area contributed by atoms with E-state index in [4.69, 9.17) is 23.2 Å². The van der Waals surface area contributed by atoms with Gasteiger partial charge < -0.3 is 10.4 Å². The van der Waals surface area contributed by atoms with Gasteiger partial charge >= 0.3 is 5.97 Å². The highest BCUT2D eigenvalue weighted by Gasteiger charge is 2.54. The molecule has 3 aliphatic rings. The van der Waals surface area contributed by atoms with Crippen molar-refractivity contribution in [1.82, 2.24) is 0 Å². The second-order valence-electron chi connectivity index (χ2n) is 7.80. The molecule has 0 saturated heterocycles. The van der Waals surface area contributed by atoms with Gasteiger partial charge in [-0.3, -0.25) is 0 Å². The molecule has 3 nitrogen and oxygen atoms in total. The van der Waals surface area contributed by atoms with Crippen LogP contribution in [0.4, 0.5) is 5.69 Å². The molecular weight excluding hydrogens is 369 g/mol. The Morgan fingerprint density at radius 2 is 1.88 bits per heavy atom. The number of nitrogens with one attached hydrogen (secondary N) is 1. The van der Waals surface area contributed by atoms with Crippen LogP contribution in [0.25, 0.3) is 0 Å². The van der Waals surface area contributed by atoms with E-state index in [0.717, 1.165) is 11.3 Å². The molecule has 2 fully saturated rings. The van der Waals surface area contributed by atoms with E-state index >= 15 is 0 Å². The van der Waals surface area contributed by atoms with E-state index in [2.05, 4.69) is 11.4 Å². The van der Waals surface area contributed by atoms with Gasteiger partial charge in [0.05, 0.1) is 17.3 Å². The van der Waals surface area contributed by atoms with Gasteiger partial charge in [0.2, 0.25) is 0 Å². The predicted octanol–water partition coefficient (Wildman–Crippen LogP) is 5.99. The lowest BCUT2D eigenvalue weighted by atomic mass is 9.67. The van der Waals surface area contributed by atoms with Crippen LogP contribution in [0.3, 0.4) is 0 Å². The highest BCUT2D eigenvalue weighted by atomic mass is 35.5. The largest absolute Gasteiger partial charge is 0.478 e. The van der Waals surface area contributed by atoms with Crippen LogP contribution >= 0.6 is 23.2 Å². The smallest absolute Gasteiger partial charge is 0.337 e. The van der Waals surface area contributed by atoms with Gasteiger partial charge in [-0.15, -0.1) is 0 Å². The number of fused-ring (bicyclic) bond motifs is 7. The molecule has 0 aromatic heterocycles. The first-order chi connectivity index (χ1) is 12.5. The van der Waals surface area contributed by atoms with Crippen LogP contribution in [-0.4, -0.2) is 11.1 Å². The van der Waals surface area contributed by atoms with Crippen LogP contribution in [0.15, 0.2) is 36.4 Å². The summed E-state index contributed by atoms with van der Waals surface area (Å²) < 4.78 is 0. The molecule has 5 heteroatoms. The van der Waals surface area contributed by atoms with Crippen LogP contribution < -0.4 is 5.32 Å². The molecular formula is C21H19Cl2NO2. The Morgan fingerprint density at radius 3 is 2.65 bits per heavy atom. The predicted molar refractivity (Wildman–Crippen MR) is 103 cm³/mol. The molecule has 2 N–H and O–H groups in total. The highest BCUT2D eigenvalue weighted by molar-refractivity contribution is 6.35. The molecule has 2 saturated carbocycles. The first-order valence-electron chi connectivity index (χ1n) is 9.12. The summed E-state index contributed by atoms with van der Waals surface area (Å²) in [4.78, 5) is 11.8. The number of rotatable bonds is 2. The maximum Gasteiger partial charge on any atom is 0.337 e. The summed E-state index contributed by atoms with van der Waals surface area (Å²) in [5.74, 6) is 1.27. The quantitative estimate of drug-likeness (QED) is 0.665. The zero-order valence-corrected chi connectivity index (χ0v) is 15.6.